The third-order valence-corrected chi connectivity index (χ3v) is 6.40. The van der Waals surface area contributed by atoms with Gasteiger partial charge in [0.05, 0.1) is 22.2 Å². The number of nitrogens with one attached hydrogen (secondary N) is 2. The molecule has 2 rings (SSSR count). The number of carboxylic acids is 1. The Morgan fingerprint density at radius 1 is 1.15 bits per heavy atom. The number of nitrogens with zero attached hydrogens (tertiary/aromatic N) is 2. The number of carboxylic acid groups (broad SMARTS) is 1. The second-order valence-corrected chi connectivity index (χ2v) is 9.16. The molecule has 1 saturated carbocycles. The van der Waals surface area contributed by atoms with Gasteiger partial charge in [0.25, 0.3) is 0 Å². The topological polar surface area (TPSA) is 119 Å². The number of hydrogen-bond acceptors (Lipinski definition) is 5. The first-order valence-corrected chi connectivity index (χ1v) is 10.0. The summed E-state index contributed by atoms with van der Waals surface area (Å²) < 4.78 is 25.8. The van der Waals surface area contributed by atoms with Crippen molar-refractivity contribution in [2.45, 2.75) is 30.2 Å². The molecule has 9 nitrogen and oxygen atoms in total. The fraction of sp³-hybridized carbons (Fsp3) is 0.529. The van der Waals surface area contributed by atoms with Crippen LogP contribution in [0.15, 0.2) is 23.1 Å². The average molecular weight is 398 g/mol. The van der Waals surface area contributed by atoms with Crippen molar-refractivity contribution in [2.24, 2.45) is 5.92 Å². The molecule has 1 fully saturated rings. The summed E-state index contributed by atoms with van der Waals surface area (Å²) in [6.45, 7) is 0. The van der Waals surface area contributed by atoms with Crippen molar-refractivity contribution in [3.8, 4) is 0 Å². The number of carbonyl (C=O) groups excluding carboxylic acids is 1. The average Bonchev–Trinajstić information content (AvgIpc) is 3.02. The molecule has 0 radical (unpaired) electrons. The van der Waals surface area contributed by atoms with E-state index >= 15 is 0 Å². The van der Waals surface area contributed by atoms with Crippen LogP contribution in [-0.2, 0) is 14.8 Å². The lowest BCUT2D eigenvalue weighted by Crippen LogP contribution is -2.37. The number of aliphatic carboxylic acids is 1. The summed E-state index contributed by atoms with van der Waals surface area (Å²) in [5, 5.41) is 14.5. The predicted molar refractivity (Wildman–Crippen MR) is 103 cm³/mol. The number of urea groups is 1. The smallest absolute Gasteiger partial charge is 0.319 e. The normalized spacial score (nSPS) is 19.7. The van der Waals surface area contributed by atoms with Crippen LogP contribution >= 0.6 is 0 Å². The first kappa shape index (κ1) is 21.0. The Morgan fingerprint density at radius 2 is 1.81 bits per heavy atom. The van der Waals surface area contributed by atoms with Crippen molar-refractivity contribution in [1.29, 1.82) is 0 Å². The molecule has 3 N–H and O–H groups in total. The van der Waals surface area contributed by atoms with Crippen LogP contribution in [0, 0.1) is 5.92 Å². The highest BCUT2D eigenvalue weighted by atomic mass is 32.2. The zero-order valence-corrected chi connectivity index (χ0v) is 16.7. The highest BCUT2D eigenvalue weighted by Crippen LogP contribution is 2.29. The van der Waals surface area contributed by atoms with E-state index in [2.05, 4.69) is 10.6 Å². The lowest BCUT2D eigenvalue weighted by Gasteiger charge is -2.21. The fourth-order valence-corrected chi connectivity index (χ4v) is 3.99. The number of anilines is 2. The molecule has 1 aliphatic carbocycles. The van der Waals surface area contributed by atoms with Crippen LogP contribution in [0.1, 0.15) is 19.3 Å². The van der Waals surface area contributed by atoms with Gasteiger partial charge in [0.2, 0.25) is 10.0 Å². The van der Waals surface area contributed by atoms with Crippen molar-refractivity contribution in [1.82, 2.24) is 9.62 Å². The van der Waals surface area contributed by atoms with Gasteiger partial charge in [0.1, 0.15) is 0 Å². The van der Waals surface area contributed by atoms with Crippen LogP contribution < -0.4 is 15.5 Å². The summed E-state index contributed by atoms with van der Waals surface area (Å²) in [5.41, 5.74) is 1.01. The molecule has 0 aromatic heterocycles. The van der Waals surface area contributed by atoms with Gasteiger partial charge in [-0.05, 0) is 37.5 Å². The number of amides is 2. The number of benzene rings is 1. The molecular formula is C17H26N4O5S. The molecule has 0 spiro atoms. The van der Waals surface area contributed by atoms with Gasteiger partial charge in [-0.1, -0.05) is 0 Å². The molecule has 0 saturated heterocycles. The first-order valence-electron chi connectivity index (χ1n) is 8.56. The van der Waals surface area contributed by atoms with E-state index in [1.165, 1.54) is 26.2 Å². The van der Waals surface area contributed by atoms with Crippen LogP contribution in [0.4, 0.5) is 16.2 Å². The van der Waals surface area contributed by atoms with Gasteiger partial charge < -0.3 is 20.6 Å². The highest BCUT2D eigenvalue weighted by Gasteiger charge is 2.30. The summed E-state index contributed by atoms with van der Waals surface area (Å²) in [6, 6.07) is 3.82. The maximum Gasteiger partial charge on any atom is 0.319 e. The molecular weight excluding hydrogens is 372 g/mol. The summed E-state index contributed by atoms with van der Waals surface area (Å²) in [7, 11) is 2.81. The molecule has 0 unspecified atom stereocenters. The van der Waals surface area contributed by atoms with Crippen molar-refractivity contribution < 1.29 is 23.1 Å². The summed E-state index contributed by atoms with van der Waals surface area (Å²) in [5.74, 6) is -1.29. The van der Waals surface area contributed by atoms with E-state index in [0.717, 1.165) is 4.31 Å². The van der Waals surface area contributed by atoms with Crippen LogP contribution in [0.3, 0.4) is 0 Å². The third kappa shape index (κ3) is 4.89. The number of hydrogen-bond donors (Lipinski definition) is 3. The Morgan fingerprint density at radius 3 is 2.33 bits per heavy atom. The van der Waals surface area contributed by atoms with Crippen LogP contribution in [0.25, 0.3) is 0 Å². The minimum atomic E-state index is -3.64. The quantitative estimate of drug-likeness (QED) is 0.666. The van der Waals surface area contributed by atoms with Gasteiger partial charge >= 0.3 is 12.0 Å². The van der Waals surface area contributed by atoms with Gasteiger partial charge in [-0.3, -0.25) is 4.79 Å². The second kappa shape index (κ2) is 8.13. The van der Waals surface area contributed by atoms with Gasteiger partial charge in [-0.25, -0.2) is 17.5 Å². The summed E-state index contributed by atoms with van der Waals surface area (Å²) >= 11 is 0. The van der Waals surface area contributed by atoms with Crippen LogP contribution in [-0.4, -0.2) is 64.1 Å². The zero-order chi connectivity index (χ0) is 20.4. The number of sulfonamides is 1. The second-order valence-electron chi connectivity index (χ2n) is 7.00. The fourth-order valence-electron chi connectivity index (χ4n) is 3.06. The van der Waals surface area contributed by atoms with E-state index < -0.39 is 27.9 Å². The minimum Gasteiger partial charge on any atom is -0.481 e. The molecule has 150 valence electrons. The van der Waals surface area contributed by atoms with E-state index in [1.807, 2.05) is 0 Å². The summed E-state index contributed by atoms with van der Waals surface area (Å²) in [6.07, 6.45) is 1.51. The predicted octanol–water partition coefficient (Wildman–Crippen LogP) is 1.38. The van der Waals surface area contributed by atoms with Crippen molar-refractivity contribution in [2.75, 3.05) is 38.4 Å². The molecule has 27 heavy (non-hydrogen) atoms. The number of rotatable bonds is 6. The lowest BCUT2D eigenvalue weighted by atomic mass is 10.1. The molecule has 0 aliphatic heterocycles. The van der Waals surface area contributed by atoms with E-state index in [-0.39, 0.29) is 10.9 Å². The maximum absolute atomic E-state index is 12.4. The lowest BCUT2D eigenvalue weighted by molar-refractivity contribution is -0.141. The van der Waals surface area contributed by atoms with Gasteiger partial charge in [0, 0.05) is 34.2 Å². The molecule has 0 heterocycles. The van der Waals surface area contributed by atoms with Gasteiger partial charge in [-0.2, -0.15) is 0 Å². The standard InChI is InChI=1S/C17H26N4O5S/c1-20(2)15-8-7-13(27(25,26)21(3)4)10-14(15)19-17(24)18-12-6-5-11(9-12)16(22)23/h7-8,10-12H,5-6,9H2,1-4H3,(H,22,23)(H2,18,19,24)/t11-,12+/m0/s1. The largest absolute Gasteiger partial charge is 0.481 e. The van der Waals surface area contributed by atoms with Gasteiger partial charge in [-0.15, -0.1) is 0 Å². The molecule has 2 atom stereocenters. The van der Waals surface area contributed by atoms with Crippen LogP contribution in [0.5, 0.6) is 0 Å². The monoisotopic (exact) mass is 398 g/mol. The molecule has 2 amide bonds. The van der Waals surface area contributed by atoms with E-state index in [1.54, 1.807) is 25.1 Å². The molecule has 1 aromatic rings. The summed E-state index contributed by atoms with van der Waals surface area (Å²) in [4.78, 5) is 25.2. The maximum atomic E-state index is 12.4. The molecule has 0 bridgehead atoms. The van der Waals surface area contributed by atoms with Crippen molar-refractivity contribution in [3.05, 3.63) is 18.2 Å². The highest BCUT2D eigenvalue weighted by molar-refractivity contribution is 7.89. The Labute approximate surface area is 159 Å². The van der Waals surface area contributed by atoms with Crippen molar-refractivity contribution in [3.63, 3.8) is 0 Å². The minimum absolute atomic E-state index is 0.0696. The van der Waals surface area contributed by atoms with Gasteiger partial charge in [0.15, 0.2) is 0 Å². The third-order valence-electron chi connectivity index (χ3n) is 4.59. The Bertz CT molecular complexity index is 823. The van der Waals surface area contributed by atoms with E-state index in [0.29, 0.717) is 30.6 Å². The number of carbonyl (C=O) groups is 2. The molecule has 1 aromatic carbocycles. The Balaban J connectivity index is 2.18. The first-order chi connectivity index (χ1) is 12.5. The van der Waals surface area contributed by atoms with Crippen molar-refractivity contribution >= 4 is 33.4 Å². The van der Waals surface area contributed by atoms with E-state index in [9.17, 15) is 18.0 Å². The Hall–Kier alpha value is -2.33. The van der Waals surface area contributed by atoms with E-state index in [4.69, 9.17) is 5.11 Å². The Kier molecular flexibility index (Phi) is 6.32. The van der Waals surface area contributed by atoms with Crippen LogP contribution in [0.2, 0.25) is 0 Å². The molecule has 1 aliphatic rings. The zero-order valence-electron chi connectivity index (χ0n) is 15.9. The molecule has 10 heteroatoms. The SMILES string of the molecule is CN(C)c1ccc(S(=O)(=O)N(C)C)cc1NC(=O)N[C@@H]1CC[C@H](C(=O)O)C1.